The van der Waals surface area contributed by atoms with E-state index < -0.39 is 0 Å². The summed E-state index contributed by atoms with van der Waals surface area (Å²) in [5.74, 6) is 0.862. The number of methoxy groups -OCH3 is 1. The first kappa shape index (κ1) is 14.6. The van der Waals surface area contributed by atoms with Crippen molar-refractivity contribution in [2.24, 2.45) is 0 Å². The average molecular weight is 249 g/mol. The predicted molar refractivity (Wildman–Crippen MR) is 76.2 cm³/mol. The van der Waals surface area contributed by atoms with Crippen LogP contribution >= 0.6 is 0 Å². The molecule has 0 aliphatic rings. The Hall–Kier alpha value is -1.48. The molecule has 0 heterocycles. The summed E-state index contributed by atoms with van der Waals surface area (Å²) in [5, 5.41) is 12.3. The van der Waals surface area contributed by atoms with E-state index in [1.165, 1.54) is 0 Å². The van der Waals surface area contributed by atoms with E-state index in [0.29, 0.717) is 6.04 Å². The molecular formula is C15H23NO2. The molecule has 100 valence electrons. The van der Waals surface area contributed by atoms with Gasteiger partial charge >= 0.3 is 0 Å². The molecule has 1 atom stereocenters. The van der Waals surface area contributed by atoms with E-state index in [1.807, 2.05) is 30.3 Å². The Kier molecular flexibility index (Phi) is 6.96. The second-order valence-electron chi connectivity index (χ2n) is 4.31. The van der Waals surface area contributed by atoms with Crippen molar-refractivity contribution in [2.75, 3.05) is 19.0 Å². The number of rotatable bonds is 9. The zero-order chi connectivity index (χ0) is 13.2. The molecule has 0 saturated heterocycles. The molecule has 1 aromatic rings. The number of benzene rings is 1. The Morgan fingerprint density at radius 2 is 2.06 bits per heavy atom. The zero-order valence-electron chi connectivity index (χ0n) is 11.1. The third-order valence-electron chi connectivity index (χ3n) is 2.87. The summed E-state index contributed by atoms with van der Waals surface area (Å²) in [6, 6.07) is 8.30. The van der Waals surface area contributed by atoms with Crippen LogP contribution in [0.1, 0.15) is 25.7 Å². The van der Waals surface area contributed by atoms with E-state index in [2.05, 4.69) is 11.9 Å². The molecule has 3 heteroatoms. The third-order valence-corrected chi connectivity index (χ3v) is 2.87. The lowest BCUT2D eigenvalue weighted by Gasteiger charge is -2.18. The van der Waals surface area contributed by atoms with Crippen LogP contribution in [0.2, 0.25) is 0 Å². The molecule has 0 aromatic heterocycles. The van der Waals surface area contributed by atoms with Crippen molar-refractivity contribution in [3.8, 4) is 5.75 Å². The van der Waals surface area contributed by atoms with Crippen molar-refractivity contribution in [1.29, 1.82) is 0 Å². The monoisotopic (exact) mass is 249 g/mol. The van der Waals surface area contributed by atoms with E-state index in [1.54, 1.807) is 7.11 Å². The lowest BCUT2D eigenvalue weighted by Crippen LogP contribution is -2.18. The summed E-state index contributed by atoms with van der Waals surface area (Å²) < 4.78 is 5.13. The van der Waals surface area contributed by atoms with Crippen LogP contribution in [0.5, 0.6) is 5.75 Å². The summed E-state index contributed by atoms with van der Waals surface area (Å²) in [7, 11) is 1.66. The molecule has 1 aromatic carbocycles. The van der Waals surface area contributed by atoms with Gasteiger partial charge in [-0.15, -0.1) is 6.58 Å². The molecule has 0 radical (unpaired) electrons. The maximum absolute atomic E-state index is 8.80. The van der Waals surface area contributed by atoms with Crippen LogP contribution in [0.25, 0.3) is 0 Å². The molecule has 0 fully saturated rings. The molecule has 0 aliphatic carbocycles. The predicted octanol–water partition coefficient (Wildman–Crippen LogP) is 3.21. The summed E-state index contributed by atoms with van der Waals surface area (Å²) in [6.45, 7) is 4.06. The first-order chi connectivity index (χ1) is 8.80. The quantitative estimate of drug-likeness (QED) is 0.521. The van der Waals surface area contributed by atoms with Crippen LogP contribution < -0.4 is 10.1 Å². The van der Waals surface area contributed by atoms with Gasteiger partial charge in [0.2, 0.25) is 0 Å². The Morgan fingerprint density at radius 1 is 1.33 bits per heavy atom. The van der Waals surface area contributed by atoms with Gasteiger partial charge in [0.1, 0.15) is 5.75 Å². The number of aliphatic hydroxyl groups is 1. The molecule has 18 heavy (non-hydrogen) atoms. The maximum atomic E-state index is 8.80. The number of unbranched alkanes of at least 4 members (excludes halogenated alkanes) is 1. The van der Waals surface area contributed by atoms with Gasteiger partial charge in [-0.2, -0.15) is 0 Å². The van der Waals surface area contributed by atoms with Crippen LogP contribution in [0.4, 0.5) is 5.69 Å². The van der Waals surface area contributed by atoms with Gasteiger partial charge in [0.25, 0.3) is 0 Å². The Morgan fingerprint density at radius 3 is 2.61 bits per heavy atom. The van der Waals surface area contributed by atoms with Gasteiger partial charge in [0.05, 0.1) is 7.11 Å². The van der Waals surface area contributed by atoms with Gasteiger partial charge in [-0.3, -0.25) is 0 Å². The lowest BCUT2D eigenvalue weighted by molar-refractivity contribution is 0.282. The average Bonchev–Trinajstić information content (AvgIpc) is 2.40. The molecule has 2 N–H and O–H groups in total. The van der Waals surface area contributed by atoms with E-state index in [0.717, 1.165) is 37.1 Å². The summed E-state index contributed by atoms with van der Waals surface area (Å²) in [6.07, 6.45) is 5.78. The minimum atomic E-state index is 0.267. The highest BCUT2D eigenvalue weighted by Crippen LogP contribution is 2.18. The molecule has 0 amide bonds. The maximum Gasteiger partial charge on any atom is 0.119 e. The fourth-order valence-electron chi connectivity index (χ4n) is 1.88. The number of hydrogen-bond donors (Lipinski definition) is 2. The summed E-state index contributed by atoms with van der Waals surface area (Å²) >= 11 is 0. The second-order valence-corrected chi connectivity index (χ2v) is 4.31. The minimum Gasteiger partial charge on any atom is -0.497 e. The van der Waals surface area contributed by atoms with Gasteiger partial charge in [0.15, 0.2) is 0 Å². The molecule has 0 aliphatic heterocycles. The Labute approximate surface area is 109 Å². The van der Waals surface area contributed by atoms with Gasteiger partial charge in [-0.1, -0.05) is 6.08 Å². The smallest absolute Gasteiger partial charge is 0.119 e. The summed E-state index contributed by atoms with van der Waals surface area (Å²) in [5.41, 5.74) is 1.09. The highest BCUT2D eigenvalue weighted by atomic mass is 16.5. The van der Waals surface area contributed by atoms with E-state index in [-0.39, 0.29) is 6.61 Å². The van der Waals surface area contributed by atoms with Crippen molar-refractivity contribution in [3.63, 3.8) is 0 Å². The first-order valence-electron chi connectivity index (χ1n) is 6.42. The number of ether oxygens (including phenoxy) is 1. The van der Waals surface area contributed by atoms with E-state index in [4.69, 9.17) is 9.84 Å². The van der Waals surface area contributed by atoms with Crippen molar-refractivity contribution >= 4 is 5.69 Å². The third kappa shape index (κ3) is 5.23. The van der Waals surface area contributed by atoms with Crippen molar-refractivity contribution in [2.45, 2.75) is 31.7 Å². The fourth-order valence-corrected chi connectivity index (χ4v) is 1.88. The molecule has 1 rings (SSSR count). The lowest BCUT2D eigenvalue weighted by atomic mass is 10.1. The van der Waals surface area contributed by atoms with Gasteiger partial charge < -0.3 is 15.2 Å². The molecule has 1 unspecified atom stereocenters. The topological polar surface area (TPSA) is 41.5 Å². The highest BCUT2D eigenvalue weighted by molar-refractivity contribution is 5.47. The number of nitrogens with one attached hydrogen (secondary N) is 1. The molecule has 0 spiro atoms. The van der Waals surface area contributed by atoms with E-state index in [9.17, 15) is 0 Å². The Balaban J connectivity index is 2.49. The Bertz CT molecular complexity index is 335. The van der Waals surface area contributed by atoms with Crippen molar-refractivity contribution < 1.29 is 9.84 Å². The van der Waals surface area contributed by atoms with E-state index >= 15 is 0 Å². The van der Waals surface area contributed by atoms with Crippen LogP contribution in [0.3, 0.4) is 0 Å². The van der Waals surface area contributed by atoms with Crippen molar-refractivity contribution in [3.05, 3.63) is 36.9 Å². The molecule has 0 saturated carbocycles. The standard InChI is InChI=1S/C15H23NO2/c1-3-6-13(7-4-5-12-17)16-14-8-10-15(18-2)11-9-14/h3,8-11,13,16-17H,1,4-7,12H2,2H3. The zero-order valence-corrected chi connectivity index (χ0v) is 11.1. The van der Waals surface area contributed by atoms with Crippen LogP contribution in [0.15, 0.2) is 36.9 Å². The molecule has 0 bridgehead atoms. The minimum absolute atomic E-state index is 0.267. The largest absolute Gasteiger partial charge is 0.497 e. The normalized spacial score (nSPS) is 11.9. The van der Waals surface area contributed by atoms with Gasteiger partial charge in [-0.25, -0.2) is 0 Å². The van der Waals surface area contributed by atoms with Gasteiger partial charge in [-0.05, 0) is 49.9 Å². The van der Waals surface area contributed by atoms with Crippen molar-refractivity contribution in [1.82, 2.24) is 0 Å². The number of aliphatic hydroxyl groups excluding tert-OH is 1. The van der Waals surface area contributed by atoms with Gasteiger partial charge in [0, 0.05) is 18.3 Å². The molecular weight excluding hydrogens is 226 g/mol. The SMILES string of the molecule is C=CCC(CCCCO)Nc1ccc(OC)cc1. The first-order valence-corrected chi connectivity index (χ1v) is 6.42. The van der Waals surface area contributed by atoms with Crippen LogP contribution in [0, 0.1) is 0 Å². The van der Waals surface area contributed by atoms with Crippen LogP contribution in [-0.4, -0.2) is 24.9 Å². The number of anilines is 1. The summed E-state index contributed by atoms with van der Waals surface area (Å²) in [4.78, 5) is 0. The molecule has 3 nitrogen and oxygen atoms in total. The number of hydrogen-bond acceptors (Lipinski definition) is 3. The second kappa shape index (κ2) is 8.59. The van der Waals surface area contributed by atoms with Crippen LogP contribution in [-0.2, 0) is 0 Å². The fraction of sp³-hybridized carbons (Fsp3) is 0.467. The highest BCUT2D eigenvalue weighted by Gasteiger charge is 2.06.